The molecule has 1 N–H and O–H groups in total. The topological polar surface area (TPSA) is 54.4 Å². The van der Waals surface area contributed by atoms with Gasteiger partial charge in [0.25, 0.3) is 10.1 Å². The summed E-state index contributed by atoms with van der Waals surface area (Å²) in [7, 11) is -4.17. The Morgan fingerprint density at radius 2 is 1.89 bits per heavy atom. The molecule has 0 aliphatic rings. The molecule has 0 aliphatic heterocycles. The zero-order valence-electron chi connectivity index (χ0n) is 11.0. The summed E-state index contributed by atoms with van der Waals surface area (Å²) in [6, 6.07) is 10.7. The summed E-state index contributed by atoms with van der Waals surface area (Å²) in [6.07, 6.45) is 4.35. The fourth-order valence-electron chi connectivity index (χ4n) is 2.25. The van der Waals surface area contributed by atoms with Gasteiger partial charge in [-0.2, -0.15) is 8.42 Å². The second-order valence-electron chi connectivity index (χ2n) is 4.74. The summed E-state index contributed by atoms with van der Waals surface area (Å²) in [5.74, 6) is 0. The maximum atomic E-state index is 11.4. The lowest BCUT2D eigenvalue weighted by Crippen LogP contribution is -1.99. The van der Waals surface area contributed by atoms with Gasteiger partial charge in [0, 0.05) is 5.39 Å². The Hall–Kier alpha value is -1.39. The second kappa shape index (κ2) is 5.72. The van der Waals surface area contributed by atoms with Crippen LogP contribution in [0.3, 0.4) is 0 Å². The first kappa shape index (κ1) is 14.0. The largest absolute Gasteiger partial charge is 0.295 e. The lowest BCUT2D eigenvalue weighted by Gasteiger charge is -2.07. The van der Waals surface area contributed by atoms with E-state index in [9.17, 15) is 13.0 Å². The number of aryl methyl sites for hydroxylation is 1. The van der Waals surface area contributed by atoms with Gasteiger partial charge in [-0.15, -0.1) is 0 Å². The number of unbranched alkanes of at least 4 members (excludes halogenated alkanes) is 2. The smallest absolute Gasteiger partial charge is 0.282 e. The van der Waals surface area contributed by atoms with Crippen LogP contribution >= 0.6 is 0 Å². The van der Waals surface area contributed by atoms with Gasteiger partial charge in [-0.25, -0.2) is 0 Å². The van der Waals surface area contributed by atoms with Crippen molar-refractivity contribution in [3.05, 3.63) is 42.0 Å². The molecule has 3 nitrogen and oxygen atoms in total. The number of benzene rings is 2. The summed E-state index contributed by atoms with van der Waals surface area (Å²) in [5.41, 5.74) is 1.11. The minimum Gasteiger partial charge on any atom is -0.282 e. The molecule has 2 aromatic carbocycles. The molecule has 4 heteroatoms. The van der Waals surface area contributed by atoms with Crippen LogP contribution in [0.5, 0.6) is 0 Å². The Bertz CT molecular complexity index is 675. The highest BCUT2D eigenvalue weighted by Gasteiger charge is 2.13. The molecule has 0 heterocycles. The van der Waals surface area contributed by atoms with E-state index in [4.69, 9.17) is 0 Å². The quantitative estimate of drug-likeness (QED) is 0.668. The predicted molar refractivity (Wildman–Crippen MR) is 77.0 cm³/mol. The molecular formula is C15H18O3S. The van der Waals surface area contributed by atoms with E-state index in [1.54, 1.807) is 6.07 Å². The normalized spacial score (nSPS) is 11.9. The summed E-state index contributed by atoms with van der Waals surface area (Å²) in [6.45, 7) is 2.15. The van der Waals surface area contributed by atoms with Gasteiger partial charge in [-0.05, 0) is 35.9 Å². The maximum absolute atomic E-state index is 11.4. The lowest BCUT2D eigenvalue weighted by atomic mass is 10.0. The molecule has 0 radical (unpaired) electrons. The van der Waals surface area contributed by atoms with Gasteiger partial charge in [0.2, 0.25) is 0 Å². The average molecular weight is 278 g/mol. The molecule has 0 fully saturated rings. The minimum atomic E-state index is -4.17. The summed E-state index contributed by atoms with van der Waals surface area (Å²) < 4.78 is 32.0. The first-order chi connectivity index (χ1) is 9.02. The fourth-order valence-corrected chi connectivity index (χ4v) is 2.96. The van der Waals surface area contributed by atoms with Gasteiger partial charge in [-0.3, -0.25) is 4.55 Å². The van der Waals surface area contributed by atoms with Crippen molar-refractivity contribution in [1.82, 2.24) is 0 Å². The lowest BCUT2D eigenvalue weighted by molar-refractivity contribution is 0.484. The van der Waals surface area contributed by atoms with E-state index < -0.39 is 10.1 Å². The number of fused-ring (bicyclic) bond motifs is 1. The molecule has 0 unspecified atom stereocenters. The van der Waals surface area contributed by atoms with E-state index in [0.717, 1.165) is 36.6 Å². The molecule has 0 amide bonds. The van der Waals surface area contributed by atoms with Crippen LogP contribution in [0.4, 0.5) is 0 Å². The van der Waals surface area contributed by atoms with Gasteiger partial charge in [-0.1, -0.05) is 44.0 Å². The van der Waals surface area contributed by atoms with Crippen LogP contribution in [-0.4, -0.2) is 13.0 Å². The molecule has 0 aromatic heterocycles. The Balaban J connectivity index is 2.45. The van der Waals surface area contributed by atoms with Crippen molar-refractivity contribution >= 4 is 20.9 Å². The van der Waals surface area contributed by atoms with Gasteiger partial charge < -0.3 is 0 Å². The van der Waals surface area contributed by atoms with E-state index >= 15 is 0 Å². The number of hydrogen-bond donors (Lipinski definition) is 1. The highest BCUT2D eigenvalue weighted by Crippen LogP contribution is 2.24. The molecule has 0 atom stereocenters. The Kier molecular flexibility index (Phi) is 4.22. The summed E-state index contributed by atoms with van der Waals surface area (Å²) in [5, 5.41) is 1.42. The van der Waals surface area contributed by atoms with E-state index in [-0.39, 0.29) is 4.90 Å². The average Bonchev–Trinajstić information content (AvgIpc) is 2.37. The molecule has 2 aromatic rings. The molecule has 0 spiro atoms. The van der Waals surface area contributed by atoms with Gasteiger partial charge >= 0.3 is 0 Å². The Morgan fingerprint density at radius 3 is 2.58 bits per heavy atom. The highest BCUT2D eigenvalue weighted by atomic mass is 32.2. The standard InChI is InChI=1S/C15H18O3S/c1-2-3-4-6-12-9-10-13-7-5-8-15(14(13)11-12)19(16,17)18/h5,7-11H,2-4,6H2,1H3,(H,16,17,18). The van der Waals surface area contributed by atoms with Crippen molar-refractivity contribution in [3.63, 3.8) is 0 Å². The van der Waals surface area contributed by atoms with Crippen LogP contribution in [0.25, 0.3) is 10.8 Å². The van der Waals surface area contributed by atoms with E-state index in [1.165, 1.54) is 6.07 Å². The van der Waals surface area contributed by atoms with Gasteiger partial charge in [0.05, 0.1) is 0 Å². The molecule has 2 rings (SSSR count). The van der Waals surface area contributed by atoms with Crippen molar-refractivity contribution < 1.29 is 13.0 Å². The first-order valence-electron chi connectivity index (χ1n) is 6.51. The molecule has 102 valence electrons. The number of hydrogen-bond acceptors (Lipinski definition) is 2. The molecule has 0 bridgehead atoms. The van der Waals surface area contributed by atoms with Crippen LogP contribution in [0.1, 0.15) is 31.7 Å². The van der Waals surface area contributed by atoms with E-state index in [1.807, 2.05) is 24.3 Å². The second-order valence-corrected chi connectivity index (χ2v) is 6.13. The van der Waals surface area contributed by atoms with Crippen LogP contribution in [0.2, 0.25) is 0 Å². The molecule has 0 saturated heterocycles. The van der Waals surface area contributed by atoms with E-state index in [2.05, 4.69) is 6.92 Å². The van der Waals surface area contributed by atoms with E-state index in [0.29, 0.717) is 5.39 Å². The number of rotatable bonds is 5. The molecule has 0 saturated carbocycles. The predicted octanol–water partition coefficient (Wildman–Crippen LogP) is 3.82. The monoisotopic (exact) mass is 278 g/mol. The third-order valence-corrected chi connectivity index (χ3v) is 4.17. The van der Waals surface area contributed by atoms with Crippen LogP contribution < -0.4 is 0 Å². The first-order valence-corrected chi connectivity index (χ1v) is 7.95. The van der Waals surface area contributed by atoms with Crippen molar-refractivity contribution in [3.8, 4) is 0 Å². The zero-order chi connectivity index (χ0) is 13.9. The Morgan fingerprint density at radius 1 is 1.11 bits per heavy atom. The van der Waals surface area contributed by atoms with Crippen LogP contribution in [-0.2, 0) is 16.5 Å². The van der Waals surface area contributed by atoms with Crippen molar-refractivity contribution in [2.75, 3.05) is 0 Å². The van der Waals surface area contributed by atoms with Gasteiger partial charge in [0.1, 0.15) is 4.90 Å². The van der Waals surface area contributed by atoms with Crippen LogP contribution in [0, 0.1) is 0 Å². The third-order valence-electron chi connectivity index (χ3n) is 3.25. The minimum absolute atomic E-state index is 0.0117. The highest BCUT2D eigenvalue weighted by molar-refractivity contribution is 7.86. The van der Waals surface area contributed by atoms with Crippen molar-refractivity contribution in [2.45, 2.75) is 37.5 Å². The van der Waals surface area contributed by atoms with Crippen LogP contribution in [0.15, 0.2) is 41.3 Å². The van der Waals surface area contributed by atoms with Gasteiger partial charge in [0.15, 0.2) is 0 Å². The Labute approximate surface area is 114 Å². The summed E-state index contributed by atoms with van der Waals surface area (Å²) in [4.78, 5) is -0.0117. The zero-order valence-corrected chi connectivity index (χ0v) is 11.8. The van der Waals surface area contributed by atoms with Crippen molar-refractivity contribution in [2.24, 2.45) is 0 Å². The molecule has 0 aliphatic carbocycles. The maximum Gasteiger partial charge on any atom is 0.295 e. The van der Waals surface area contributed by atoms with Crippen molar-refractivity contribution in [1.29, 1.82) is 0 Å². The molecule has 19 heavy (non-hydrogen) atoms. The third kappa shape index (κ3) is 3.33. The summed E-state index contributed by atoms with van der Waals surface area (Å²) >= 11 is 0. The SMILES string of the molecule is CCCCCc1ccc2cccc(S(=O)(=O)O)c2c1. The molecular weight excluding hydrogens is 260 g/mol. The fraction of sp³-hybridized carbons (Fsp3) is 0.333.